The smallest absolute Gasteiger partial charge is 0.387 e. The Hall–Kier alpha value is -1.75. The van der Waals surface area contributed by atoms with Gasteiger partial charge < -0.3 is 20.7 Å². The maximum Gasteiger partial charge on any atom is 0.694 e. The minimum Gasteiger partial charge on any atom is -0.387 e. The van der Waals surface area contributed by atoms with Crippen LogP contribution in [0.3, 0.4) is 0 Å². The largest absolute Gasteiger partial charge is 0.694 e. The SMILES string of the molecule is Nc1ncnc2c1ncn2C1OC(CO[P+](=O)O)[C@@H](O)[C@H]1O. The second-order valence-electron chi connectivity index (χ2n) is 4.66. The molecule has 1 fully saturated rings. The predicted octanol–water partition coefficient (Wildman–Crippen LogP) is -1.31. The molecule has 0 aromatic carbocycles. The molecule has 1 aliphatic rings. The van der Waals surface area contributed by atoms with Gasteiger partial charge in [-0.15, -0.1) is 9.42 Å². The number of aliphatic hydroxyl groups is 2. The summed E-state index contributed by atoms with van der Waals surface area (Å²) in [5, 5.41) is 20.0. The van der Waals surface area contributed by atoms with Crippen LogP contribution in [0.15, 0.2) is 12.7 Å². The summed E-state index contributed by atoms with van der Waals surface area (Å²) in [5.74, 6) is 0.175. The van der Waals surface area contributed by atoms with Gasteiger partial charge in [0.05, 0.1) is 6.33 Å². The van der Waals surface area contributed by atoms with Crippen molar-refractivity contribution in [1.29, 1.82) is 0 Å². The van der Waals surface area contributed by atoms with Crippen molar-refractivity contribution in [3.63, 3.8) is 0 Å². The van der Waals surface area contributed by atoms with Crippen molar-refractivity contribution in [3.8, 4) is 0 Å². The molecule has 5 N–H and O–H groups in total. The van der Waals surface area contributed by atoms with Crippen LogP contribution in [0, 0.1) is 0 Å². The van der Waals surface area contributed by atoms with Crippen molar-refractivity contribution in [1.82, 2.24) is 19.5 Å². The van der Waals surface area contributed by atoms with E-state index in [-0.39, 0.29) is 12.4 Å². The molecule has 12 heteroatoms. The molecule has 5 atom stereocenters. The Morgan fingerprint density at radius 1 is 1.36 bits per heavy atom. The van der Waals surface area contributed by atoms with Crippen LogP contribution in [0.1, 0.15) is 6.23 Å². The Morgan fingerprint density at radius 3 is 2.86 bits per heavy atom. The summed E-state index contributed by atoms with van der Waals surface area (Å²) in [6, 6.07) is 0. The number of nitrogen functional groups attached to an aromatic ring is 1. The molecular formula is C10H13N5O6P+. The second kappa shape index (κ2) is 5.80. The summed E-state index contributed by atoms with van der Waals surface area (Å²) in [7, 11) is -2.82. The quantitative estimate of drug-likeness (QED) is 0.494. The number of nitrogens with two attached hydrogens (primary N) is 1. The monoisotopic (exact) mass is 330 g/mol. The molecule has 2 aromatic heterocycles. The van der Waals surface area contributed by atoms with E-state index in [2.05, 4.69) is 19.5 Å². The first-order valence-corrected chi connectivity index (χ1v) is 7.35. The molecule has 0 amide bonds. The number of imidazole rings is 1. The lowest BCUT2D eigenvalue weighted by Gasteiger charge is -2.16. The van der Waals surface area contributed by atoms with Crippen LogP contribution in [0.25, 0.3) is 11.2 Å². The molecular weight excluding hydrogens is 317 g/mol. The number of hydrogen-bond donors (Lipinski definition) is 4. The summed E-state index contributed by atoms with van der Waals surface area (Å²) in [5.41, 5.74) is 6.35. The van der Waals surface area contributed by atoms with Crippen molar-refractivity contribution in [2.75, 3.05) is 12.3 Å². The summed E-state index contributed by atoms with van der Waals surface area (Å²) >= 11 is 0. The van der Waals surface area contributed by atoms with E-state index in [0.29, 0.717) is 11.2 Å². The Kier molecular flexibility index (Phi) is 4.00. The highest BCUT2D eigenvalue weighted by molar-refractivity contribution is 7.32. The van der Waals surface area contributed by atoms with Gasteiger partial charge in [-0.1, -0.05) is 0 Å². The van der Waals surface area contributed by atoms with Crippen LogP contribution in [0.4, 0.5) is 5.82 Å². The van der Waals surface area contributed by atoms with Gasteiger partial charge in [-0.25, -0.2) is 15.0 Å². The van der Waals surface area contributed by atoms with Gasteiger partial charge in [-0.05, 0) is 0 Å². The first kappa shape index (κ1) is 15.2. The second-order valence-corrected chi connectivity index (χ2v) is 5.40. The van der Waals surface area contributed by atoms with E-state index in [1.54, 1.807) is 0 Å². The number of aliphatic hydroxyl groups excluding tert-OH is 2. The number of ether oxygens (including phenoxy) is 1. The highest BCUT2D eigenvalue weighted by Crippen LogP contribution is 2.33. The normalized spacial score (nSPS) is 29.1. The minimum atomic E-state index is -2.82. The molecule has 0 aliphatic carbocycles. The maximum atomic E-state index is 10.5. The van der Waals surface area contributed by atoms with Gasteiger partial charge in [0.1, 0.15) is 36.8 Å². The van der Waals surface area contributed by atoms with Gasteiger partial charge in [-0.2, -0.15) is 0 Å². The molecule has 1 saturated heterocycles. The Labute approximate surface area is 124 Å². The molecule has 118 valence electrons. The molecule has 11 nitrogen and oxygen atoms in total. The zero-order valence-electron chi connectivity index (χ0n) is 11.1. The molecule has 3 unspecified atom stereocenters. The highest BCUT2D eigenvalue weighted by Gasteiger charge is 2.45. The van der Waals surface area contributed by atoms with E-state index in [0.717, 1.165) is 0 Å². The molecule has 3 rings (SSSR count). The van der Waals surface area contributed by atoms with Gasteiger partial charge in [0, 0.05) is 4.57 Å². The predicted molar refractivity (Wildman–Crippen MR) is 71.4 cm³/mol. The summed E-state index contributed by atoms with van der Waals surface area (Å²) in [6.45, 7) is -0.343. The van der Waals surface area contributed by atoms with E-state index >= 15 is 0 Å². The van der Waals surface area contributed by atoms with Crippen molar-refractivity contribution in [2.45, 2.75) is 24.5 Å². The number of anilines is 1. The number of aromatic nitrogens is 4. The van der Waals surface area contributed by atoms with E-state index in [1.165, 1.54) is 17.2 Å². The van der Waals surface area contributed by atoms with Gasteiger partial charge in [0.15, 0.2) is 17.7 Å². The molecule has 0 spiro atoms. The highest BCUT2D eigenvalue weighted by atomic mass is 31.1. The third kappa shape index (κ3) is 2.54. The zero-order chi connectivity index (χ0) is 15.9. The minimum absolute atomic E-state index is 0.175. The van der Waals surface area contributed by atoms with E-state index in [4.69, 9.17) is 15.4 Å². The summed E-state index contributed by atoms with van der Waals surface area (Å²) < 4.78 is 22.0. The molecule has 2 aromatic rings. The fourth-order valence-corrected chi connectivity index (χ4v) is 2.56. The number of fused-ring (bicyclic) bond motifs is 1. The Balaban J connectivity index is 1.87. The molecule has 0 saturated carbocycles. The van der Waals surface area contributed by atoms with Gasteiger partial charge >= 0.3 is 8.25 Å². The van der Waals surface area contributed by atoms with Gasteiger partial charge in [-0.3, -0.25) is 4.57 Å². The first-order chi connectivity index (χ1) is 10.5. The first-order valence-electron chi connectivity index (χ1n) is 6.22. The number of hydrogen-bond acceptors (Lipinski definition) is 9. The van der Waals surface area contributed by atoms with Crippen LogP contribution in [-0.4, -0.2) is 59.5 Å². The fraction of sp³-hybridized carbons (Fsp3) is 0.500. The lowest BCUT2D eigenvalue weighted by atomic mass is 10.1. The lowest BCUT2D eigenvalue weighted by molar-refractivity contribution is -0.0476. The maximum absolute atomic E-state index is 10.5. The van der Waals surface area contributed by atoms with Crippen molar-refractivity contribution >= 4 is 25.2 Å². The zero-order valence-corrected chi connectivity index (χ0v) is 11.9. The molecule has 1 aliphatic heterocycles. The van der Waals surface area contributed by atoms with Crippen molar-refractivity contribution in [3.05, 3.63) is 12.7 Å². The number of nitrogens with zero attached hydrogens (tertiary/aromatic N) is 4. The molecule has 0 bridgehead atoms. The fourth-order valence-electron chi connectivity index (χ4n) is 2.29. The molecule has 22 heavy (non-hydrogen) atoms. The molecule has 0 radical (unpaired) electrons. The Morgan fingerprint density at radius 2 is 2.14 bits per heavy atom. The van der Waals surface area contributed by atoms with E-state index < -0.39 is 32.8 Å². The standard InChI is InChI=1S/C10H12N5O6P/c11-8-5-9(13-2-12-8)15(3-14-5)10-7(17)6(16)4(21-10)1-20-22(18)19/h2-4,6-7,10,16-17H,1H2,(H2-,11,12,13,18,19)/p+1/t4?,6-,7-,10?/m1/s1. The number of rotatable bonds is 4. The van der Waals surface area contributed by atoms with Crippen LogP contribution in [0.5, 0.6) is 0 Å². The summed E-state index contributed by atoms with van der Waals surface area (Å²) in [6.07, 6.45) is -1.95. The van der Waals surface area contributed by atoms with Crippen molar-refractivity contribution < 1.29 is 28.9 Å². The molecule has 3 heterocycles. The average Bonchev–Trinajstić information content (AvgIpc) is 3.01. The van der Waals surface area contributed by atoms with Crippen LogP contribution in [0.2, 0.25) is 0 Å². The summed E-state index contributed by atoms with van der Waals surface area (Å²) in [4.78, 5) is 20.5. The third-order valence-electron chi connectivity index (χ3n) is 3.35. The lowest BCUT2D eigenvalue weighted by Crippen LogP contribution is -2.33. The van der Waals surface area contributed by atoms with Crippen LogP contribution in [-0.2, 0) is 13.8 Å². The van der Waals surface area contributed by atoms with Crippen molar-refractivity contribution in [2.24, 2.45) is 0 Å². The van der Waals surface area contributed by atoms with E-state index in [1.807, 2.05) is 0 Å². The van der Waals surface area contributed by atoms with Gasteiger partial charge in [0.2, 0.25) is 0 Å². The van der Waals surface area contributed by atoms with Crippen LogP contribution >= 0.6 is 8.25 Å². The average molecular weight is 330 g/mol. The Bertz CT molecular complexity index is 710. The van der Waals surface area contributed by atoms with Crippen LogP contribution < -0.4 is 5.73 Å². The van der Waals surface area contributed by atoms with Gasteiger partial charge in [0.25, 0.3) is 0 Å². The topological polar surface area (TPSA) is 166 Å². The third-order valence-corrected chi connectivity index (χ3v) is 3.72. The van der Waals surface area contributed by atoms with E-state index in [9.17, 15) is 14.8 Å².